The van der Waals surface area contributed by atoms with Crippen LogP contribution in [0.4, 0.5) is 4.79 Å². The molecule has 15 heavy (non-hydrogen) atoms. The van der Waals surface area contributed by atoms with E-state index in [0.29, 0.717) is 0 Å². The van der Waals surface area contributed by atoms with E-state index in [4.69, 9.17) is 5.73 Å². The number of aromatic nitrogens is 1. The molecular weight excluding hydrogens is 210 g/mol. The number of para-hydroxylation sites is 1. The van der Waals surface area contributed by atoms with E-state index in [1.165, 1.54) is 0 Å². The number of hydrogen-bond acceptors (Lipinski definition) is 3. The van der Waals surface area contributed by atoms with Crippen LogP contribution >= 0.6 is 11.9 Å². The van der Waals surface area contributed by atoms with Gasteiger partial charge in [-0.05, 0) is 24.1 Å². The van der Waals surface area contributed by atoms with Gasteiger partial charge in [-0.25, -0.2) is 4.79 Å². The maximum Gasteiger partial charge on any atom is 0.322 e. The molecule has 2 amide bonds. The minimum Gasteiger partial charge on any atom is -0.351 e. The van der Waals surface area contributed by atoms with Gasteiger partial charge >= 0.3 is 6.03 Å². The first-order chi connectivity index (χ1) is 7.25. The number of pyridine rings is 1. The lowest BCUT2D eigenvalue weighted by Crippen LogP contribution is -2.22. The predicted octanol–water partition coefficient (Wildman–Crippen LogP) is 1.91. The van der Waals surface area contributed by atoms with Crippen molar-refractivity contribution in [3.63, 3.8) is 0 Å². The van der Waals surface area contributed by atoms with Crippen LogP contribution in [0.25, 0.3) is 10.9 Å². The van der Waals surface area contributed by atoms with Crippen molar-refractivity contribution in [2.45, 2.75) is 4.90 Å². The van der Waals surface area contributed by atoms with E-state index in [2.05, 4.69) is 9.71 Å². The van der Waals surface area contributed by atoms with Gasteiger partial charge in [0.05, 0.1) is 5.52 Å². The summed E-state index contributed by atoms with van der Waals surface area (Å²) in [5.74, 6) is 0. The van der Waals surface area contributed by atoms with Gasteiger partial charge in [-0.1, -0.05) is 18.2 Å². The SMILES string of the molecule is NC(=O)NSc1cnc2ccccc2c1. The van der Waals surface area contributed by atoms with Crippen molar-refractivity contribution in [1.82, 2.24) is 9.71 Å². The molecule has 0 radical (unpaired) electrons. The molecule has 0 aliphatic carbocycles. The summed E-state index contributed by atoms with van der Waals surface area (Å²) in [6.45, 7) is 0. The van der Waals surface area contributed by atoms with Crippen molar-refractivity contribution in [2.75, 3.05) is 0 Å². The number of carbonyl (C=O) groups is 1. The second-order valence-electron chi connectivity index (χ2n) is 2.93. The topological polar surface area (TPSA) is 68.0 Å². The monoisotopic (exact) mass is 219 g/mol. The molecule has 2 rings (SSSR count). The maximum atomic E-state index is 10.5. The Morgan fingerprint density at radius 3 is 3.00 bits per heavy atom. The van der Waals surface area contributed by atoms with Gasteiger partial charge in [0.1, 0.15) is 0 Å². The summed E-state index contributed by atoms with van der Waals surface area (Å²) in [5.41, 5.74) is 5.89. The molecule has 0 atom stereocenters. The van der Waals surface area contributed by atoms with Crippen molar-refractivity contribution in [2.24, 2.45) is 5.73 Å². The lowest BCUT2D eigenvalue weighted by atomic mass is 10.2. The molecule has 1 aromatic carbocycles. The van der Waals surface area contributed by atoms with Crippen LogP contribution in [0.1, 0.15) is 0 Å². The molecule has 2 aromatic rings. The summed E-state index contributed by atoms with van der Waals surface area (Å²) in [4.78, 5) is 15.6. The number of rotatable bonds is 2. The Morgan fingerprint density at radius 1 is 1.40 bits per heavy atom. The number of primary amides is 1. The number of fused-ring (bicyclic) bond motifs is 1. The highest BCUT2D eigenvalue weighted by Crippen LogP contribution is 2.18. The molecule has 5 heteroatoms. The molecule has 0 unspecified atom stereocenters. The zero-order valence-corrected chi connectivity index (χ0v) is 8.62. The molecule has 0 aliphatic rings. The molecule has 0 saturated heterocycles. The second-order valence-corrected chi connectivity index (χ2v) is 3.81. The van der Waals surface area contributed by atoms with Crippen LogP contribution < -0.4 is 10.5 Å². The minimum absolute atomic E-state index is 0.562. The van der Waals surface area contributed by atoms with E-state index >= 15 is 0 Å². The predicted molar refractivity (Wildman–Crippen MR) is 60.3 cm³/mol. The fraction of sp³-hybridized carbons (Fsp3) is 0. The lowest BCUT2D eigenvalue weighted by molar-refractivity contribution is 0.254. The van der Waals surface area contributed by atoms with E-state index in [1.54, 1.807) is 6.20 Å². The van der Waals surface area contributed by atoms with Crippen LogP contribution in [0.15, 0.2) is 41.4 Å². The lowest BCUT2D eigenvalue weighted by Gasteiger charge is -2.02. The Balaban J connectivity index is 2.26. The molecule has 0 bridgehead atoms. The molecule has 4 nitrogen and oxygen atoms in total. The van der Waals surface area contributed by atoms with Crippen molar-refractivity contribution in [3.05, 3.63) is 36.5 Å². The fourth-order valence-electron chi connectivity index (χ4n) is 1.22. The van der Waals surface area contributed by atoms with Gasteiger partial charge in [0.25, 0.3) is 0 Å². The zero-order valence-electron chi connectivity index (χ0n) is 7.81. The molecule has 0 saturated carbocycles. The van der Waals surface area contributed by atoms with Crippen LogP contribution in [0.3, 0.4) is 0 Å². The highest BCUT2D eigenvalue weighted by atomic mass is 32.2. The highest BCUT2D eigenvalue weighted by Gasteiger charge is 1.99. The number of carbonyl (C=O) groups excluding carboxylic acids is 1. The largest absolute Gasteiger partial charge is 0.351 e. The Bertz CT molecular complexity index is 501. The smallest absolute Gasteiger partial charge is 0.322 e. The standard InChI is InChI=1S/C10H9N3OS/c11-10(14)13-15-8-5-7-3-1-2-4-9(7)12-6-8/h1-6H,(H3,11,13,14). The van der Waals surface area contributed by atoms with Gasteiger partial charge in [-0.3, -0.25) is 9.71 Å². The number of hydrogen-bond donors (Lipinski definition) is 2. The van der Waals surface area contributed by atoms with E-state index in [1.807, 2.05) is 30.3 Å². The minimum atomic E-state index is -0.562. The molecule has 3 N–H and O–H groups in total. The van der Waals surface area contributed by atoms with E-state index in [-0.39, 0.29) is 0 Å². The summed E-state index contributed by atoms with van der Waals surface area (Å²) >= 11 is 1.16. The number of urea groups is 1. The highest BCUT2D eigenvalue weighted by molar-refractivity contribution is 7.98. The Labute approximate surface area is 91.0 Å². The summed E-state index contributed by atoms with van der Waals surface area (Å²) in [7, 11) is 0. The van der Waals surface area contributed by atoms with Gasteiger partial charge < -0.3 is 5.73 Å². The molecule has 0 fully saturated rings. The average Bonchev–Trinajstić information content (AvgIpc) is 2.26. The van der Waals surface area contributed by atoms with Gasteiger partial charge in [0, 0.05) is 16.5 Å². The number of nitrogens with zero attached hydrogens (tertiary/aromatic N) is 1. The van der Waals surface area contributed by atoms with Crippen LogP contribution in [-0.4, -0.2) is 11.0 Å². The number of nitrogens with one attached hydrogen (secondary N) is 1. The van der Waals surface area contributed by atoms with E-state index in [9.17, 15) is 4.79 Å². The van der Waals surface area contributed by atoms with Crippen molar-refractivity contribution in [1.29, 1.82) is 0 Å². The third kappa shape index (κ3) is 2.38. The van der Waals surface area contributed by atoms with Crippen molar-refractivity contribution in [3.8, 4) is 0 Å². The molecule has 1 heterocycles. The Kier molecular flexibility index (Phi) is 2.73. The third-order valence-corrected chi connectivity index (χ3v) is 2.60. The summed E-state index contributed by atoms with van der Waals surface area (Å²) in [5, 5.41) is 1.04. The summed E-state index contributed by atoms with van der Waals surface area (Å²) in [6.07, 6.45) is 1.70. The molecule has 0 aliphatic heterocycles. The first-order valence-electron chi connectivity index (χ1n) is 4.33. The van der Waals surface area contributed by atoms with Gasteiger partial charge in [-0.2, -0.15) is 0 Å². The maximum absolute atomic E-state index is 10.5. The third-order valence-electron chi connectivity index (χ3n) is 1.83. The van der Waals surface area contributed by atoms with Crippen molar-refractivity contribution < 1.29 is 4.79 Å². The summed E-state index contributed by atoms with van der Waals surface area (Å²) in [6, 6.07) is 9.17. The fourth-order valence-corrected chi connectivity index (χ4v) is 1.73. The second kappa shape index (κ2) is 4.18. The number of nitrogens with two attached hydrogens (primary N) is 1. The molecule has 0 spiro atoms. The molecule has 76 valence electrons. The molecular formula is C10H9N3OS. The number of amides is 2. The quantitative estimate of drug-likeness (QED) is 0.758. The molecule has 1 aromatic heterocycles. The average molecular weight is 219 g/mol. The van der Waals surface area contributed by atoms with E-state index < -0.39 is 6.03 Å². The van der Waals surface area contributed by atoms with Crippen LogP contribution in [0.5, 0.6) is 0 Å². The van der Waals surface area contributed by atoms with Gasteiger partial charge in [0.15, 0.2) is 0 Å². The Hall–Kier alpha value is -1.75. The summed E-state index contributed by atoms with van der Waals surface area (Å²) < 4.78 is 2.44. The van der Waals surface area contributed by atoms with Crippen LogP contribution in [0, 0.1) is 0 Å². The zero-order chi connectivity index (χ0) is 10.7. The van der Waals surface area contributed by atoms with Gasteiger partial charge in [0.2, 0.25) is 0 Å². The van der Waals surface area contributed by atoms with E-state index in [0.717, 1.165) is 27.7 Å². The first kappa shape index (κ1) is 9.79. The Morgan fingerprint density at radius 2 is 2.20 bits per heavy atom. The number of benzene rings is 1. The van der Waals surface area contributed by atoms with Crippen LogP contribution in [0.2, 0.25) is 0 Å². The first-order valence-corrected chi connectivity index (χ1v) is 5.14. The van der Waals surface area contributed by atoms with Gasteiger partial charge in [-0.15, -0.1) is 0 Å². The van der Waals surface area contributed by atoms with Crippen LogP contribution in [-0.2, 0) is 0 Å². The normalized spacial score (nSPS) is 10.1. The van der Waals surface area contributed by atoms with Crippen molar-refractivity contribution >= 4 is 28.9 Å².